The van der Waals surface area contributed by atoms with Gasteiger partial charge >= 0.3 is 0 Å². The monoisotopic (exact) mass is 247 g/mol. The highest BCUT2D eigenvalue weighted by molar-refractivity contribution is 5.92. The number of rotatable bonds is 3. The topological polar surface area (TPSA) is 68.0 Å². The zero-order chi connectivity index (χ0) is 13.0. The summed E-state index contributed by atoms with van der Waals surface area (Å²) < 4.78 is 0. The highest BCUT2D eigenvalue weighted by Crippen LogP contribution is 2.23. The second-order valence-electron chi connectivity index (χ2n) is 5.20. The lowest BCUT2D eigenvalue weighted by Gasteiger charge is -2.27. The van der Waals surface area contributed by atoms with Crippen molar-refractivity contribution in [2.45, 2.75) is 45.2 Å². The smallest absolute Gasteiger partial charge is 0.270 e. The zero-order valence-corrected chi connectivity index (χ0v) is 10.9. The number of amides is 1. The average Bonchev–Trinajstić information content (AvgIpc) is 2.39. The van der Waals surface area contributed by atoms with E-state index >= 15 is 0 Å². The van der Waals surface area contributed by atoms with Crippen LogP contribution < -0.4 is 11.1 Å². The van der Waals surface area contributed by atoms with Crippen LogP contribution in [0, 0.1) is 5.92 Å². The highest BCUT2D eigenvalue weighted by atomic mass is 16.1. The molecule has 1 saturated carbocycles. The van der Waals surface area contributed by atoms with Gasteiger partial charge in [-0.3, -0.25) is 9.78 Å². The fourth-order valence-electron chi connectivity index (χ4n) is 2.50. The lowest BCUT2D eigenvalue weighted by Crippen LogP contribution is -2.38. The first-order valence-corrected chi connectivity index (χ1v) is 6.65. The average molecular weight is 247 g/mol. The summed E-state index contributed by atoms with van der Waals surface area (Å²) in [6.45, 7) is 2.70. The van der Waals surface area contributed by atoms with Crippen molar-refractivity contribution in [3.05, 3.63) is 29.6 Å². The Morgan fingerprint density at radius 3 is 2.94 bits per heavy atom. The molecular weight excluding hydrogens is 226 g/mol. The second kappa shape index (κ2) is 5.96. The van der Waals surface area contributed by atoms with E-state index in [4.69, 9.17) is 5.73 Å². The van der Waals surface area contributed by atoms with E-state index < -0.39 is 0 Å². The summed E-state index contributed by atoms with van der Waals surface area (Å²) in [6.07, 6.45) is 6.30. The van der Waals surface area contributed by atoms with Gasteiger partial charge in [0.25, 0.3) is 5.91 Å². The molecule has 0 saturated heterocycles. The normalized spacial score (nSPS) is 23.7. The number of hydrogen-bond acceptors (Lipinski definition) is 3. The molecule has 4 nitrogen and oxygen atoms in total. The second-order valence-corrected chi connectivity index (χ2v) is 5.20. The molecule has 2 rings (SSSR count). The molecule has 0 spiro atoms. The van der Waals surface area contributed by atoms with Crippen LogP contribution >= 0.6 is 0 Å². The minimum Gasteiger partial charge on any atom is -0.348 e. The van der Waals surface area contributed by atoms with Crippen LogP contribution in [0.5, 0.6) is 0 Å². The zero-order valence-electron chi connectivity index (χ0n) is 10.9. The molecule has 98 valence electrons. The van der Waals surface area contributed by atoms with Crippen molar-refractivity contribution in [3.8, 4) is 0 Å². The van der Waals surface area contributed by atoms with E-state index in [0.717, 1.165) is 18.4 Å². The summed E-state index contributed by atoms with van der Waals surface area (Å²) in [6, 6.07) is 3.90. The van der Waals surface area contributed by atoms with Crippen molar-refractivity contribution in [3.63, 3.8) is 0 Å². The largest absolute Gasteiger partial charge is 0.348 e. The highest BCUT2D eigenvalue weighted by Gasteiger charge is 2.21. The van der Waals surface area contributed by atoms with Gasteiger partial charge in [-0.1, -0.05) is 25.8 Å². The summed E-state index contributed by atoms with van der Waals surface area (Å²) in [5, 5.41) is 3.07. The molecule has 1 aliphatic carbocycles. The third kappa shape index (κ3) is 3.29. The van der Waals surface area contributed by atoms with E-state index in [9.17, 15) is 4.79 Å². The number of nitrogens with one attached hydrogen (secondary N) is 1. The Hall–Kier alpha value is -1.42. The molecule has 0 radical (unpaired) electrons. The molecule has 1 amide bonds. The van der Waals surface area contributed by atoms with Crippen molar-refractivity contribution < 1.29 is 4.79 Å². The third-order valence-electron chi connectivity index (χ3n) is 3.56. The van der Waals surface area contributed by atoms with Crippen LogP contribution in [-0.4, -0.2) is 16.9 Å². The van der Waals surface area contributed by atoms with E-state index in [1.54, 1.807) is 12.3 Å². The molecule has 2 unspecified atom stereocenters. The number of hydrogen-bond donors (Lipinski definition) is 2. The fourth-order valence-corrected chi connectivity index (χ4v) is 2.50. The summed E-state index contributed by atoms with van der Waals surface area (Å²) in [4.78, 5) is 16.2. The first-order chi connectivity index (χ1) is 8.69. The van der Waals surface area contributed by atoms with Crippen LogP contribution in [0.25, 0.3) is 0 Å². The van der Waals surface area contributed by atoms with Crippen molar-refractivity contribution >= 4 is 5.91 Å². The molecule has 4 heteroatoms. The minimum absolute atomic E-state index is 0.0716. The molecule has 18 heavy (non-hydrogen) atoms. The minimum atomic E-state index is -0.0716. The van der Waals surface area contributed by atoms with Crippen molar-refractivity contribution in [1.29, 1.82) is 0 Å². The lowest BCUT2D eigenvalue weighted by atomic mass is 9.87. The Bertz CT molecular complexity index is 402. The maximum atomic E-state index is 12.0. The predicted octanol–water partition coefficient (Wildman–Crippen LogP) is 1.85. The van der Waals surface area contributed by atoms with Gasteiger partial charge in [-0.2, -0.15) is 0 Å². The lowest BCUT2D eigenvalue weighted by molar-refractivity contribution is 0.0916. The van der Waals surface area contributed by atoms with E-state index in [1.165, 1.54) is 12.8 Å². The standard InChI is InChI=1S/C14H21N3O/c1-10-3-2-4-12(7-10)17-14(18)13-6-5-11(8-15)9-16-13/h5-6,9-10,12H,2-4,7-8,15H2,1H3,(H,17,18). The number of carbonyl (C=O) groups excluding carboxylic acids is 1. The molecule has 2 atom stereocenters. The van der Waals surface area contributed by atoms with Crippen LogP contribution in [0.15, 0.2) is 18.3 Å². The first-order valence-electron chi connectivity index (χ1n) is 6.65. The van der Waals surface area contributed by atoms with Crippen LogP contribution in [-0.2, 0) is 6.54 Å². The van der Waals surface area contributed by atoms with E-state index in [2.05, 4.69) is 17.2 Å². The SMILES string of the molecule is CC1CCCC(NC(=O)c2ccc(CN)cn2)C1. The summed E-state index contributed by atoms with van der Waals surface area (Å²) in [5.74, 6) is 0.634. The van der Waals surface area contributed by atoms with Gasteiger partial charge in [0.2, 0.25) is 0 Å². The molecule has 1 heterocycles. The number of aromatic nitrogens is 1. The Morgan fingerprint density at radius 1 is 1.50 bits per heavy atom. The molecule has 1 fully saturated rings. The van der Waals surface area contributed by atoms with Gasteiger partial charge in [0.05, 0.1) is 0 Å². The van der Waals surface area contributed by atoms with Crippen LogP contribution in [0.4, 0.5) is 0 Å². The van der Waals surface area contributed by atoms with Gasteiger partial charge in [-0.25, -0.2) is 0 Å². The molecular formula is C14H21N3O. The molecule has 0 aliphatic heterocycles. The van der Waals surface area contributed by atoms with Gasteiger partial charge in [0.15, 0.2) is 0 Å². The number of pyridine rings is 1. The Labute approximate surface area is 108 Å². The molecule has 0 bridgehead atoms. The van der Waals surface area contributed by atoms with Crippen LogP contribution in [0.3, 0.4) is 0 Å². The van der Waals surface area contributed by atoms with E-state index in [-0.39, 0.29) is 5.91 Å². The Morgan fingerprint density at radius 2 is 2.33 bits per heavy atom. The molecule has 1 aromatic rings. The van der Waals surface area contributed by atoms with Gasteiger partial charge < -0.3 is 11.1 Å². The predicted molar refractivity (Wildman–Crippen MR) is 71.0 cm³/mol. The number of nitrogens with zero attached hydrogens (tertiary/aromatic N) is 1. The molecule has 1 aromatic heterocycles. The molecule has 0 aromatic carbocycles. The Kier molecular flexibility index (Phi) is 4.31. The van der Waals surface area contributed by atoms with Crippen molar-refractivity contribution in [1.82, 2.24) is 10.3 Å². The van der Waals surface area contributed by atoms with E-state index in [1.807, 2.05) is 6.07 Å². The van der Waals surface area contributed by atoms with Gasteiger partial charge in [-0.15, -0.1) is 0 Å². The number of carbonyl (C=O) groups is 1. The quantitative estimate of drug-likeness (QED) is 0.856. The third-order valence-corrected chi connectivity index (χ3v) is 3.56. The first kappa shape index (κ1) is 13.0. The summed E-state index contributed by atoms with van der Waals surface area (Å²) >= 11 is 0. The Balaban J connectivity index is 1.94. The fraction of sp³-hybridized carbons (Fsp3) is 0.571. The maximum absolute atomic E-state index is 12.0. The summed E-state index contributed by atoms with van der Waals surface area (Å²) in [5.41, 5.74) is 6.92. The van der Waals surface area contributed by atoms with Gasteiger partial charge in [0.1, 0.15) is 5.69 Å². The van der Waals surface area contributed by atoms with E-state index in [0.29, 0.717) is 24.2 Å². The number of nitrogens with two attached hydrogens (primary N) is 1. The van der Waals surface area contributed by atoms with Gasteiger partial charge in [-0.05, 0) is 30.4 Å². The molecule has 1 aliphatic rings. The van der Waals surface area contributed by atoms with Gasteiger partial charge in [0, 0.05) is 18.8 Å². The molecule has 3 N–H and O–H groups in total. The van der Waals surface area contributed by atoms with Crippen LogP contribution in [0.1, 0.15) is 48.7 Å². The summed E-state index contributed by atoms with van der Waals surface area (Å²) in [7, 11) is 0. The van der Waals surface area contributed by atoms with Crippen molar-refractivity contribution in [2.24, 2.45) is 11.7 Å². The van der Waals surface area contributed by atoms with Crippen molar-refractivity contribution in [2.75, 3.05) is 0 Å². The van der Waals surface area contributed by atoms with Crippen LogP contribution in [0.2, 0.25) is 0 Å². The maximum Gasteiger partial charge on any atom is 0.270 e.